The van der Waals surface area contributed by atoms with Crippen LogP contribution in [0, 0.1) is 0 Å². The Balaban J connectivity index is 0.961. The van der Waals surface area contributed by atoms with Crippen molar-refractivity contribution in [2.24, 2.45) is 7.05 Å². The molecule has 3 fully saturated rings. The number of fused-ring (bicyclic) bond motifs is 1. The smallest absolute Gasteiger partial charge is 0.282 e. The molecule has 3 aromatic rings. The number of halogens is 1. The molecule has 49 heavy (non-hydrogen) atoms. The Hall–Kier alpha value is -4.40. The second kappa shape index (κ2) is 13.5. The molecule has 0 saturated carbocycles. The fourth-order valence-corrected chi connectivity index (χ4v) is 8.03. The van der Waals surface area contributed by atoms with E-state index in [4.69, 9.17) is 0 Å². The molecule has 2 aromatic carbocycles. The number of rotatable bonds is 7. The van der Waals surface area contributed by atoms with Gasteiger partial charge < -0.3 is 15.1 Å². The normalized spacial score (nSPS) is 23.5. The predicted octanol–water partition coefficient (Wildman–Crippen LogP) is 2.17. The number of likely N-dealkylation sites (N-methyl/N-ethyl adjacent to an activating group) is 1. The molecule has 1 aromatic heterocycles. The molecule has 0 aliphatic carbocycles. The maximum Gasteiger partial charge on any atom is 0.282 e. The summed E-state index contributed by atoms with van der Waals surface area (Å²) in [6.07, 6.45) is 2.85. The van der Waals surface area contributed by atoms with Gasteiger partial charge in [-0.25, -0.2) is 4.68 Å². The first kappa shape index (κ1) is 33.1. The van der Waals surface area contributed by atoms with Crippen LogP contribution in [0.4, 0.5) is 11.4 Å². The molecule has 14 heteroatoms. The maximum absolute atomic E-state index is 13.6. The fourth-order valence-electron chi connectivity index (χ4n) is 7.56. The van der Waals surface area contributed by atoms with Crippen LogP contribution in [0.2, 0.25) is 0 Å². The third kappa shape index (κ3) is 6.52. The highest BCUT2D eigenvalue weighted by Gasteiger charge is 2.46. The molecule has 7 rings (SSSR count). The van der Waals surface area contributed by atoms with Crippen LogP contribution in [0.5, 0.6) is 0 Å². The average molecular weight is 732 g/mol. The Bertz CT molecular complexity index is 1870. The number of piperidine rings is 2. The van der Waals surface area contributed by atoms with E-state index in [1.807, 2.05) is 6.07 Å². The Morgan fingerprint density at radius 1 is 0.939 bits per heavy atom. The summed E-state index contributed by atoms with van der Waals surface area (Å²) in [5, 5.41) is 9.95. The van der Waals surface area contributed by atoms with Crippen LogP contribution in [0.3, 0.4) is 0 Å². The molecular formula is C35H39BrN8O5. The lowest BCUT2D eigenvalue weighted by Crippen LogP contribution is -2.54. The van der Waals surface area contributed by atoms with E-state index >= 15 is 0 Å². The van der Waals surface area contributed by atoms with Crippen molar-refractivity contribution in [2.45, 2.75) is 43.8 Å². The van der Waals surface area contributed by atoms with Crippen LogP contribution < -0.4 is 21.1 Å². The molecule has 5 heterocycles. The highest BCUT2D eigenvalue weighted by atomic mass is 79.9. The number of likely N-dealkylation sites (tertiary alicyclic amines) is 1. The van der Waals surface area contributed by atoms with Gasteiger partial charge in [0.05, 0.1) is 28.7 Å². The molecule has 3 saturated heterocycles. The van der Waals surface area contributed by atoms with Gasteiger partial charge in [-0.1, -0.05) is 30.3 Å². The van der Waals surface area contributed by atoms with E-state index in [2.05, 4.69) is 77.7 Å². The van der Waals surface area contributed by atoms with E-state index in [1.54, 1.807) is 25.4 Å². The molecule has 3 atom stereocenters. The number of piperazine rings is 1. The summed E-state index contributed by atoms with van der Waals surface area (Å²) >= 11 is 3.43. The summed E-state index contributed by atoms with van der Waals surface area (Å²) in [7, 11) is 3.76. The Kier molecular flexibility index (Phi) is 9.11. The van der Waals surface area contributed by atoms with Crippen molar-refractivity contribution in [3.8, 4) is 0 Å². The number of carbonyl (C=O) groups is 4. The number of aromatic nitrogens is 2. The van der Waals surface area contributed by atoms with Crippen molar-refractivity contribution in [2.75, 3.05) is 56.5 Å². The van der Waals surface area contributed by atoms with Gasteiger partial charge in [-0.3, -0.25) is 39.1 Å². The van der Waals surface area contributed by atoms with Gasteiger partial charge in [0.15, 0.2) is 0 Å². The SMILES string of the molecule is CN1C[C@H](Nc2cnn(C)c(=O)c2Br)C[C@H](c2ccc(CN3CCN(c4cccc5c4C(=O)N(C4CCC(=O)NC4=O)C5=O)CC3)cc2)C1. The van der Waals surface area contributed by atoms with Crippen molar-refractivity contribution in [3.05, 3.63) is 85.7 Å². The fraction of sp³-hybridized carbons (Fsp3) is 0.429. The predicted molar refractivity (Wildman–Crippen MR) is 186 cm³/mol. The first-order valence-corrected chi connectivity index (χ1v) is 17.4. The standard InChI is InChI=1S/C35H39BrN8O5/c1-40-19-23(16-24(20-40)38-26-17-37-41(2)35(49)31(26)36)22-8-6-21(7-9-22)18-42-12-14-43(15-13-42)27-5-3-4-25-30(27)34(48)44(33(25)47)28-10-11-29(45)39-32(28)46/h3-9,17,23-24,28,38H,10-16,18-20H2,1-2H3,(H,39,45,46)/t23-,24+,28?/m0/s1. The van der Waals surface area contributed by atoms with Gasteiger partial charge in [0, 0.05) is 65.3 Å². The van der Waals surface area contributed by atoms with Crippen LogP contribution in [-0.4, -0.2) is 107 Å². The molecule has 4 aliphatic heterocycles. The van der Waals surface area contributed by atoms with E-state index in [1.165, 1.54) is 15.8 Å². The van der Waals surface area contributed by atoms with Crippen LogP contribution in [0.15, 0.2) is 57.9 Å². The van der Waals surface area contributed by atoms with Gasteiger partial charge in [-0.15, -0.1) is 0 Å². The molecule has 0 bridgehead atoms. The zero-order valence-corrected chi connectivity index (χ0v) is 29.1. The Morgan fingerprint density at radius 2 is 1.69 bits per heavy atom. The van der Waals surface area contributed by atoms with E-state index in [-0.39, 0.29) is 24.4 Å². The number of nitrogens with one attached hydrogen (secondary N) is 2. The van der Waals surface area contributed by atoms with Crippen molar-refractivity contribution in [3.63, 3.8) is 0 Å². The topological polar surface area (TPSA) is 140 Å². The number of carbonyl (C=O) groups excluding carboxylic acids is 4. The third-order valence-electron chi connectivity index (χ3n) is 10.1. The first-order chi connectivity index (χ1) is 23.6. The maximum atomic E-state index is 13.6. The lowest BCUT2D eigenvalue weighted by Gasteiger charge is -2.37. The molecule has 0 radical (unpaired) electrons. The zero-order chi connectivity index (χ0) is 34.4. The molecule has 0 spiro atoms. The number of aryl methyl sites for hydroxylation is 1. The van der Waals surface area contributed by atoms with Gasteiger partial charge in [-0.05, 0) is 65.0 Å². The molecule has 256 valence electrons. The van der Waals surface area contributed by atoms with Gasteiger partial charge in [0.2, 0.25) is 11.8 Å². The number of benzene rings is 2. The van der Waals surface area contributed by atoms with Crippen LogP contribution >= 0.6 is 15.9 Å². The minimum absolute atomic E-state index is 0.0899. The summed E-state index contributed by atoms with van der Waals surface area (Å²) in [6.45, 7) is 5.60. The quantitative estimate of drug-likeness (QED) is 0.348. The highest BCUT2D eigenvalue weighted by Crippen LogP contribution is 2.35. The second-order valence-electron chi connectivity index (χ2n) is 13.4. The molecule has 4 aliphatic rings. The van der Waals surface area contributed by atoms with Gasteiger partial charge in [0.1, 0.15) is 10.5 Å². The van der Waals surface area contributed by atoms with Crippen LogP contribution in [-0.2, 0) is 23.2 Å². The second-order valence-corrected chi connectivity index (χ2v) is 14.2. The molecule has 2 N–H and O–H groups in total. The molecule has 4 amide bonds. The molecule has 1 unspecified atom stereocenters. The summed E-state index contributed by atoms with van der Waals surface area (Å²) in [5.41, 5.74) is 4.41. The van der Waals surface area contributed by atoms with E-state index in [0.29, 0.717) is 46.0 Å². The number of amides is 4. The van der Waals surface area contributed by atoms with Gasteiger partial charge in [-0.2, -0.15) is 5.10 Å². The monoisotopic (exact) mass is 730 g/mol. The van der Waals surface area contributed by atoms with Crippen molar-refractivity contribution in [1.29, 1.82) is 0 Å². The largest absolute Gasteiger partial charge is 0.379 e. The van der Waals surface area contributed by atoms with Crippen molar-refractivity contribution >= 4 is 50.9 Å². The summed E-state index contributed by atoms with van der Waals surface area (Å²) < 4.78 is 1.81. The van der Waals surface area contributed by atoms with E-state index < -0.39 is 29.7 Å². The summed E-state index contributed by atoms with van der Waals surface area (Å²) in [6, 6.07) is 13.3. The number of hydrogen-bond acceptors (Lipinski definition) is 10. The van der Waals surface area contributed by atoms with Crippen molar-refractivity contribution < 1.29 is 19.2 Å². The lowest BCUT2D eigenvalue weighted by atomic mass is 9.87. The van der Waals surface area contributed by atoms with Gasteiger partial charge in [0.25, 0.3) is 17.4 Å². The average Bonchev–Trinajstić information content (AvgIpc) is 3.34. The number of nitrogens with zero attached hydrogens (tertiary/aromatic N) is 6. The van der Waals surface area contributed by atoms with Gasteiger partial charge >= 0.3 is 0 Å². The van der Waals surface area contributed by atoms with Crippen molar-refractivity contribution in [1.82, 2.24) is 29.8 Å². The number of imide groups is 2. The number of anilines is 2. The summed E-state index contributed by atoms with van der Waals surface area (Å²) in [5.74, 6) is -1.62. The zero-order valence-electron chi connectivity index (χ0n) is 27.5. The number of hydrogen-bond donors (Lipinski definition) is 2. The minimum atomic E-state index is -0.982. The Morgan fingerprint density at radius 3 is 2.43 bits per heavy atom. The highest BCUT2D eigenvalue weighted by molar-refractivity contribution is 9.10. The lowest BCUT2D eigenvalue weighted by molar-refractivity contribution is -0.136. The van der Waals surface area contributed by atoms with Crippen LogP contribution in [0.25, 0.3) is 0 Å². The van der Waals surface area contributed by atoms with E-state index in [9.17, 15) is 24.0 Å². The Labute approximate surface area is 292 Å². The third-order valence-corrected chi connectivity index (χ3v) is 10.9. The van der Waals surface area contributed by atoms with E-state index in [0.717, 1.165) is 44.0 Å². The molecular weight excluding hydrogens is 692 g/mol. The molecule has 13 nitrogen and oxygen atoms in total. The summed E-state index contributed by atoms with van der Waals surface area (Å²) in [4.78, 5) is 71.2. The minimum Gasteiger partial charge on any atom is -0.379 e. The van der Waals surface area contributed by atoms with Crippen LogP contribution in [0.1, 0.15) is 57.0 Å². The first-order valence-electron chi connectivity index (χ1n) is 16.6.